The van der Waals surface area contributed by atoms with E-state index in [1.54, 1.807) is 0 Å². The molecule has 1 aliphatic heterocycles. The molecule has 1 N–H and O–H groups in total. The fraction of sp³-hybridized carbons (Fsp3) is 0.462. The number of benzene rings is 1. The van der Waals surface area contributed by atoms with Gasteiger partial charge in [0.25, 0.3) is 5.91 Å². The van der Waals surface area contributed by atoms with Crippen LogP contribution in [0.2, 0.25) is 0 Å². The van der Waals surface area contributed by atoms with Crippen molar-refractivity contribution in [2.24, 2.45) is 0 Å². The molecule has 1 aliphatic rings. The summed E-state index contributed by atoms with van der Waals surface area (Å²) in [6.07, 6.45) is 0.867. The van der Waals surface area contributed by atoms with Crippen LogP contribution < -0.4 is 5.32 Å². The van der Waals surface area contributed by atoms with Gasteiger partial charge < -0.3 is 10.1 Å². The second-order valence-electron chi connectivity index (χ2n) is 4.78. The summed E-state index contributed by atoms with van der Waals surface area (Å²) in [6, 6.07) is 5.73. The number of carbonyl (C=O) groups excluding carboxylic acids is 1. The lowest BCUT2D eigenvalue weighted by atomic mass is 10.00. The van der Waals surface area contributed by atoms with Gasteiger partial charge >= 0.3 is 0 Å². The Morgan fingerprint density at radius 3 is 2.94 bits per heavy atom. The number of aryl methyl sites for hydroxylation is 1. The zero-order valence-electron chi connectivity index (χ0n) is 10.0. The third kappa shape index (κ3) is 2.87. The first-order chi connectivity index (χ1) is 8.00. The Hall–Kier alpha value is -0.870. The van der Waals surface area contributed by atoms with Gasteiger partial charge in [-0.3, -0.25) is 4.79 Å². The smallest absolute Gasteiger partial charge is 0.252 e. The molecule has 0 spiro atoms. The van der Waals surface area contributed by atoms with Gasteiger partial charge in [0.2, 0.25) is 0 Å². The van der Waals surface area contributed by atoms with Gasteiger partial charge in [-0.2, -0.15) is 0 Å². The highest BCUT2D eigenvalue weighted by Crippen LogP contribution is 2.20. The van der Waals surface area contributed by atoms with Crippen molar-refractivity contribution < 1.29 is 9.53 Å². The first-order valence-electron chi connectivity index (χ1n) is 5.67. The highest BCUT2D eigenvalue weighted by molar-refractivity contribution is 9.10. The number of carbonyl (C=O) groups is 1. The van der Waals surface area contributed by atoms with Crippen LogP contribution in [-0.4, -0.2) is 24.7 Å². The zero-order valence-corrected chi connectivity index (χ0v) is 11.6. The molecule has 1 aromatic rings. The standard InChI is InChI=1S/C13H16BrNO2/c1-9-3-4-10(14)7-11(9)12(16)15-13(2)5-6-17-8-13/h3-4,7H,5-6,8H2,1-2H3,(H,15,16). The van der Waals surface area contributed by atoms with E-state index in [0.29, 0.717) is 18.8 Å². The normalized spacial score (nSPS) is 23.7. The quantitative estimate of drug-likeness (QED) is 0.911. The molecule has 1 unspecified atom stereocenters. The van der Waals surface area contributed by atoms with Gasteiger partial charge in [0, 0.05) is 16.6 Å². The fourth-order valence-corrected chi connectivity index (χ4v) is 2.31. The maximum Gasteiger partial charge on any atom is 0.252 e. The Bertz CT molecular complexity index is 439. The molecule has 1 saturated heterocycles. The molecule has 92 valence electrons. The third-order valence-corrected chi connectivity index (χ3v) is 3.57. The Labute approximate surface area is 110 Å². The largest absolute Gasteiger partial charge is 0.379 e. The SMILES string of the molecule is Cc1ccc(Br)cc1C(=O)NC1(C)CCOC1. The monoisotopic (exact) mass is 297 g/mol. The van der Waals surface area contributed by atoms with E-state index < -0.39 is 0 Å². The second-order valence-corrected chi connectivity index (χ2v) is 5.69. The summed E-state index contributed by atoms with van der Waals surface area (Å²) in [6.45, 7) is 5.26. The molecular formula is C13H16BrNO2. The summed E-state index contributed by atoms with van der Waals surface area (Å²) in [5.74, 6) is -0.0307. The number of rotatable bonds is 2. The van der Waals surface area contributed by atoms with Crippen molar-refractivity contribution in [1.29, 1.82) is 0 Å². The highest BCUT2D eigenvalue weighted by Gasteiger charge is 2.31. The van der Waals surface area contributed by atoms with Crippen LogP contribution >= 0.6 is 15.9 Å². The Morgan fingerprint density at radius 2 is 2.29 bits per heavy atom. The molecule has 1 aromatic carbocycles. The summed E-state index contributed by atoms with van der Waals surface area (Å²) in [4.78, 5) is 12.2. The highest BCUT2D eigenvalue weighted by atomic mass is 79.9. The van der Waals surface area contributed by atoms with E-state index in [0.717, 1.165) is 16.5 Å². The van der Waals surface area contributed by atoms with Crippen LogP contribution in [-0.2, 0) is 4.74 Å². The van der Waals surface area contributed by atoms with Gasteiger partial charge in [-0.25, -0.2) is 0 Å². The second kappa shape index (κ2) is 4.78. The van der Waals surface area contributed by atoms with E-state index in [2.05, 4.69) is 21.2 Å². The van der Waals surface area contributed by atoms with Crippen LogP contribution in [0.3, 0.4) is 0 Å². The van der Waals surface area contributed by atoms with Crippen molar-refractivity contribution in [3.8, 4) is 0 Å². The molecule has 0 bridgehead atoms. The zero-order chi connectivity index (χ0) is 12.5. The van der Waals surface area contributed by atoms with Crippen molar-refractivity contribution in [2.45, 2.75) is 25.8 Å². The van der Waals surface area contributed by atoms with E-state index in [1.807, 2.05) is 32.0 Å². The molecule has 17 heavy (non-hydrogen) atoms. The van der Waals surface area contributed by atoms with Crippen LogP contribution in [0.15, 0.2) is 22.7 Å². The summed E-state index contributed by atoms with van der Waals surface area (Å²) in [5.41, 5.74) is 1.46. The first kappa shape index (κ1) is 12.6. The van der Waals surface area contributed by atoms with Gasteiger partial charge in [-0.15, -0.1) is 0 Å². The molecule has 1 amide bonds. The van der Waals surface area contributed by atoms with Crippen molar-refractivity contribution in [3.05, 3.63) is 33.8 Å². The van der Waals surface area contributed by atoms with E-state index in [-0.39, 0.29) is 11.4 Å². The number of halogens is 1. The van der Waals surface area contributed by atoms with Crippen molar-refractivity contribution in [3.63, 3.8) is 0 Å². The van der Waals surface area contributed by atoms with Crippen molar-refractivity contribution in [2.75, 3.05) is 13.2 Å². The number of hydrogen-bond donors (Lipinski definition) is 1. The van der Waals surface area contributed by atoms with E-state index in [1.165, 1.54) is 0 Å². The summed E-state index contributed by atoms with van der Waals surface area (Å²) >= 11 is 3.39. The molecule has 3 nitrogen and oxygen atoms in total. The minimum Gasteiger partial charge on any atom is -0.379 e. The lowest BCUT2D eigenvalue weighted by Crippen LogP contribution is -2.46. The third-order valence-electron chi connectivity index (χ3n) is 3.08. The van der Waals surface area contributed by atoms with Crippen molar-refractivity contribution in [1.82, 2.24) is 5.32 Å². The minimum atomic E-state index is -0.230. The molecule has 0 aromatic heterocycles. The minimum absolute atomic E-state index is 0.0307. The van der Waals surface area contributed by atoms with Crippen LogP contribution in [0.1, 0.15) is 29.3 Å². The molecular weight excluding hydrogens is 282 g/mol. The topological polar surface area (TPSA) is 38.3 Å². The van der Waals surface area contributed by atoms with Crippen LogP contribution in [0.5, 0.6) is 0 Å². The van der Waals surface area contributed by atoms with Crippen LogP contribution in [0.25, 0.3) is 0 Å². The molecule has 0 aliphatic carbocycles. The molecule has 0 radical (unpaired) electrons. The Balaban J connectivity index is 2.17. The molecule has 1 heterocycles. The fourth-order valence-electron chi connectivity index (χ4n) is 1.95. The van der Waals surface area contributed by atoms with Crippen LogP contribution in [0, 0.1) is 6.92 Å². The first-order valence-corrected chi connectivity index (χ1v) is 6.46. The summed E-state index contributed by atoms with van der Waals surface area (Å²) in [5, 5.41) is 3.05. The van der Waals surface area contributed by atoms with Gasteiger partial charge in [0.05, 0.1) is 12.1 Å². The number of hydrogen-bond acceptors (Lipinski definition) is 2. The Morgan fingerprint density at radius 1 is 1.53 bits per heavy atom. The predicted molar refractivity (Wildman–Crippen MR) is 70.2 cm³/mol. The number of ether oxygens (including phenoxy) is 1. The molecule has 1 fully saturated rings. The van der Waals surface area contributed by atoms with E-state index in [4.69, 9.17) is 4.74 Å². The molecule has 2 rings (SSSR count). The molecule has 0 saturated carbocycles. The van der Waals surface area contributed by atoms with E-state index in [9.17, 15) is 4.79 Å². The van der Waals surface area contributed by atoms with Gasteiger partial charge in [-0.1, -0.05) is 22.0 Å². The predicted octanol–water partition coefficient (Wildman–Crippen LogP) is 2.67. The molecule has 4 heteroatoms. The average Bonchev–Trinajstić information content (AvgIpc) is 2.68. The number of nitrogens with one attached hydrogen (secondary N) is 1. The lowest BCUT2D eigenvalue weighted by molar-refractivity contribution is 0.0889. The summed E-state index contributed by atoms with van der Waals surface area (Å²) < 4.78 is 6.24. The van der Waals surface area contributed by atoms with Gasteiger partial charge in [0.1, 0.15) is 0 Å². The van der Waals surface area contributed by atoms with E-state index >= 15 is 0 Å². The van der Waals surface area contributed by atoms with Crippen molar-refractivity contribution >= 4 is 21.8 Å². The van der Waals surface area contributed by atoms with Crippen LogP contribution in [0.4, 0.5) is 0 Å². The number of amides is 1. The van der Waals surface area contributed by atoms with Gasteiger partial charge in [-0.05, 0) is 38.0 Å². The lowest BCUT2D eigenvalue weighted by Gasteiger charge is -2.24. The maximum atomic E-state index is 12.2. The van der Waals surface area contributed by atoms with Gasteiger partial charge in [0.15, 0.2) is 0 Å². The molecule has 1 atom stereocenters. The summed E-state index contributed by atoms with van der Waals surface area (Å²) in [7, 11) is 0. The average molecular weight is 298 g/mol. The maximum absolute atomic E-state index is 12.2. The Kier molecular flexibility index (Phi) is 3.54.